The molecule has 6 heteroatoms. The van der Waals surface area contributed by atoms with E-state index < -0.39 is 0 Å². The van der Waals surface area contributed by atoms with Crippen molar-refractivity contribution in [3.63, 3.8) is 0 Å². The highest BCUT2D eigenvalue weighted by molar-refractivity contribution is 8.76. The fourth-order valence-electron chi connectivity index (χ4n) is 3.30. The third-order valence-corrected chi connectivity index (χ3v) is 6.89. The highest BCUT2D eigenvalue weighted by atomic mass is 33.1. The predicted molar refractivity (Wildman–Crippen MR) is 97.9 cm³/mol. The zero-order valence-corrected chi connectivity index (χ0v) is 14.5. The normalized spacial score (nSPS) is 19.0. The van der Waals surface area contributed by atoms with E-state index >= 15 is 0 Å². The summed E-state index contributed by atoms with van der Waals surface area (Å²) in [5, 5.41) is 24.8. The van der Waals surface area contributed by atoms with Crippen molar-refractivity contribution in [2.75, 3.05) is 0 Å². The van der Waals surface area contributed by atoms with Gasteiger partial charge in [-0.15, -0.1) is 0 Å². The average molecular weight is 356 g/mol. The van der Waals surface area contributed by atoms with Crippen LogP contribution >= 0.6 is 21.6 Å². The smallest absolute Gasteiger partial charge is 0.0873 e. The van der Waals surface area contributed by atoms with Crippen molar-refractivity contribution in [3.05, 3.63) is 58.7 Å². The second kappa shape index (κ2) is 6.53. The summed E-state index contributed by atoms with van der Waals surface area (Å²) >= 11 is 0. The van der Waals surface area contributed by atoms with Crippen LogP contribution in [-0.4, -0.2) is 21.8 Å². The van der Waals surface area contributed by atoms with Gasteiger partial charge in [0.25, 0.3) is 0 Å². The van der Waals surface area contributed by atoms with Gasteiger partial charge in [-0.3, -0.25) is 0 Å². The van der Waals surface area contributed by atoms with Gasteiger partial charge in [0.05, 0.1) is 11.4 Å². The zero-order valence-electron chi connectivity index (χ0n) is 12.9. The van der Waals surface area contributed by atoms with Crippen molar-refractivity contribution in [2.45, 2.75) is 35.5 Å². The number of hydrogen-bond donors (Lipinski definition) is 2. The van der Waals surface area contributed by atoms with Gasteiger partial charge in [0.15, 0.2) is 0 Å². The zero-order chi connectivity index (χ0) is 16.5. The van der Waals surface area contributed by atoms with Crippen LogP contribution in [0.2, 0.25) is 0 Å². The second-order valence-electron chi connectivity index (χ2n) is 5.90. The number of rotatable bonds is 3. The summed E-state index contributed by atoms with van der Waals surface area (Å²) < 4.78 is 0. The molecule has 0 unspecified atom stereocenters. The molecule has 0 saturated heterocycles. The van der Waals surface area contributed by atoms with Gasteiger partial charge in [-0.25, -0.2) is 0 Å². The first kappa shape index (κ1) is 15.6. The maximum atomic E-state index is 9.00. The number of oxime groups is 2. The molecule has 0 heterocycles. The number of benzene rings is 2. The molecule has 0 bridgehead atoms. The Balaban J connectivity index is 1.48. The van der Waals surface area contributed by atoms with Crippen LogP contribution in [0.3, 0.4) is 0 Å². The van der Waals surface area contributed by atoms with E-state index in [9.17, 15) is 0 Å². The van der Waals surface area contributed by atoms with Crippen molar-refractivity contribution < 1.29 is 10.4 Å². The number of aryl methyl sites for hydroxylation is 2. The summed E-state index contributed by atoms with van der Waals surface area (Å²) in [6.45, 7) is 0. The van der Waals surface area contributed by atoms with Crippen LogP contribution in [0.25, 0.3) is 0 Å². The minimum atomic E-state index is 0.786. The number of hydrogen-bond acceptors (Lipinski definition) is 6. The van der Waals surface area contributed by atoms with E-state index in [1.807, 2.05) is 12.1 Å². The summed E-state index contributed by atoms with van der Waals surface area (Å²) in [6, 6.07) is 12.6. The molecule has 0 aliphatic heterocycles. The first-order valence-electron chi connectivity index (χ1n) is 7.81. The molecule has 0 amide bonds. The Morgan fingerprint density at radius 2 is 1.12 bits per heavy atom. The Morgan fingerprint density at radius 1 is 0.667 bits per heavy atom. The quantitative estimate of drug-likeness (QED) is 0.474. The van der Waals surface area contributed by atoms with Crippen LogP contribution in [0.1, 0.15) is 35.1 Å². The van der Waals surface area contributed by atoms with Gasteiger partial charge >= 0.3 is 0 Å². The van der Waals surface area contributed by atoms with Crippen LogP contribution in [0, 0.1) is 0 Å². The second-order valence-corrected chi connectivity index (χ2v) is 8.17. The van der Waals surface area contributed by atoms with Gasteiger partial charge in [-0.2, -0.15) is 0 Å². The van der Waals surface area contributed by atoms with E-state index in [1.165, 1.54) is 20.9 Å². The topological polar surface area (TPSA) is 65.2 Å². The fraction of sp³-hybridized carbons (Fsp3) is 0.222. The average Bonchev–Trinajstić information content (AvgIpc) is 3.22. The number of nitrogens with zero attached hydrogens (tertiary/aromatic N) is 2. The summed E-state index contributed by atoms with van der Waals surface area (Å²) in [5.74, 6) is 0. The lowest BCUT2D eigenvalue weighted by molar-refractivity contribution is 0.318. The lowest BCUT2D eigenvalue weighted by atomic mass is 10.1. The van der Waals surface area contributed by atoms with Crippen molar-refractivity contribution in [1.29, 1.82) is 0 Å². The van der Waals surface area contributed by atoms with Crippen LogP contribution in [-0.2, 0) is 12.8 Å². The van der Waals surface area contributed by atoms with Gasteiger partial charge in [0.2, 0.25) is 0 Å². The lowest BCUT2D eigenvalue weighted by Crippen LogP contribution is -1.93. The molecule has 4 rings (SSSR count). The van der Waals surface area contributed by atoms with Gasteiger partial charge in [0, 0.05) is 20.9 Å². The summed E-state index contributed by atoms with van der Waals surface area (Å²) in [7, 11) is 3.47. The first-order chi connectivity index (χ1) is 11.8. The van der Waals surface area contributed by atoms with E-state index in [4.69, 9.17) is 10.4 Å². The minimum absolute atomic E-state index is 0.786. The van der Waals surface area contributed by atoms with Gasteiger partial charge in [0.1, 0.15) is 0 Å². The standard InChI is InChI=1S/C18H16N2O2S2/c21-19-17-7-1-11-9-13(3-5-15(11)17)23-24-14-4-6-16-12(10-14)2-8-18(16)20-22/h3-6,9-10,21-22H,1-2,7-8H2/b19-17+,20-18+. The van der Waals surface area contributed by atoms with E-state index in [0.29, 0.717) is 0 Å². The Morgan fingerprint density at radius 3 is 1.54 bits per heavy atom. The SMILES string of the molecule is O/N=C1\CCc2cc(SSc3ccc4c(c3)CC/C4=N\O)ccc21. The molecular weight excluding hydrogens is 340 g/mol. The lowest BCUT2D eigenvalue weighted by Gasteiger charge is -2.06. The molecule has 24 heavy (non-hydrogen) atoms. The van der Waals surface area contributed by atoms with Gasteiger partial charge in [-0.1, -0.05) is 44.0 Å². The predicted octanol–water partition coefficient (Wildman–Crippen LogP) is 4.74. The largest absolute Gasteiger partial charge is 0.411 e. The molecule has 4 nitrogen and oxygen atoms in total. The monoisotopic (exact) mass is 356 g/mol. The van der Waals surface area contributed by atoms with E-state index in [0.717, 1.165) is 48.2 Å². The number of fused-ring (bicyclic) bond motifs is 2. The molecule has 0 radical (unpaired) electrons. The minimum Gasteiger partial charge on any atom is -0.411 e. The molecule has 0 atom stereocenters. The van der Waals surface area contributed by atoms with Crippen molar-refractivity contribution in [3.8, 4) is 0 Å². The van der Waals surface area contributed by atoms with Crippen molar-refractivity contribution in [1.82, 2.24) is 0 Å². The molecule has 2 aromatic carbocycles. The van der Waals surface area contributed by atoms with E-state index in [1.54, 1.807) is 21.6 Å². The third kappa shape index (κ3) is 2.80. The van der Waals surface area contributed by atoms with E-state index in [2.05, 4.69) is 34.6 Å². The maximum Gasteiger partial charge on any atom is 0.0873 e. The van der Waals surface area contributed by atoms with Gasteiger partial charge in [-0.05, 0) is 61.1 Å². The van der Waals surface area contributed by atoms with Crippen LogP contribution in [0.5, 0.6) is 0 Å². The fourth-order valence-corrected chi connectivity index (χ4v) is 5.32. The highest BCUT2D eigenvalue weighted by Gasteiger charge is 2.20. The molecular formula is C18H16N2O2S2. The maximum absolute atomic E-state index is 9.00. The van der Waals surface area contributed by atoms with E-state index in [-0.39, 0.29) is 0 Å². The molecule has 122 valence electrons. The first-order valence-corrected chi connectivity index (χ1v) is 9.96. The summed E-state index contributed by atoms with van der Waals surface area (Å²) in [5.41, 5.74) is 6.22. The van der Waals surface area contributed by atoms with Crippen LogP contribution in [0.4, 0.5) is 0 Å². The highest BCUT2D eigenvalue weighted by Crippen LogP contribution is 2.40. The molecule has 2 aromatic rings. The molecule has 0 spiro atoms. The molecule has 2 aliphatic rings. The summed E-state index contributed by atoms with van der Waals surface area (Å²) in [4.78, 5) is 2.41. The van der Waals surface area contributed by atoms with Gasteiger partial charge < -0.3 is 10.4 Å². The molecule has 0 aromatic heterocycles. The third-order valence-electron chi connectivity index (χ3n) is 4.51. The van der Waals surface area contributed by atoms with Crippen LogP contribution < -0.4 is 0 Å². The van der Waals surface area contributed by atoms with Crippen molar-refractivity contribution >= 4 is 33.0 Å². The summed E-state index contributed by atoms with van der Waals surface area (Å²) in [6.07, 6.45) is 3.51. The Kier molecular flexibility index (Phi) is 4.24. The molecule has 0 saturated carbocycles. The Labute approximate surface area is 148 Å². The molecule has 2 aliphatic carbocycles. The Hall–Kier alpha value is -1.92. The van der Waals surface area contributed by atoms with Crippen molar-refractivity contribution in [2.24, 2.45) is 10.3 Å². The molecule has 0 fully saturated rings. The molecule has 2 N–H and O–H groups in total. The van der Waals surface area contributed by atoms with Crippen LogP contribution in [0.15, 0.2) is 56.5 Å². The Bertz CT molecular complexity index is 791.